The average Bonchev–Trinajstić information content (AvgIpc) is 3.11. The minimum atomic E-state index is -0.593. The molecule has 0 unspecified atom stereocenters. The van der Waals surface area contributed by atoms with Gasteiger partial charge in [-0.25, -0.2) is 4.98 Å². The summed E-state index contributed by atoms with van der Waals surface area (Å²) in [5.41, 5.74) is 4.78. The maximum atomic E-state index is 12.6. The van der Waals surface area contributed by atoms with Crippen molar-refractivity contribution in [1.82, 2.24) is 14.8 Å². The van der Waals surface area contributed by atoms with E-state index in [1.54, 1.807) is 4.90 Å². The first-order valence-electron chi connectivity index (χ1n) is 10.0. The predicted molar refractivity (Wildman–Crippen MR) is 115 cm³/mol. The van der Waals surface area contributed by atoms with E-state index in [2.05, 4.69) is 59.2 Å². The van der Waals surface area contributed by atoms with E-state index in [1.807, 2.05) is 0 Å². The zero-order chi connectivity index (χ0) is 20.5. The average molecular weight is 414 g/mol. The molecule has 2 aromatic rings. The van der Waals surface area contributed by atoms with Crippen LogP contribution in [0.1, 0.15) is 21.7 Å². The van der Waals surface area contributed by atoms with Gasteiger partial charge in [0, 0.05) is 56.3 Å². The van der Waals surface area contributed by atoms with Gasteiger partial charge in [0.1, 0.15) is 0 Å². The van der Waals surface area contributed by atoms with Crippen LogP contribution in [0.5, 0.6) is 0 Å². The molecule has 0 bridgehead atoms. The first-order valence-corrected chi connectivity index (χ1v) is 10.8. The van der Waals surface area contributed by atoms with Crippen LogP contribution in [-0.2, 0) is 22.6 Å². The lowest BCUT2D eigenvalue weighted by molar-refractivity contribution is -0.143. The van der Waals surface area contributed by atoms with Gasteiger partial charge in [-0.05, 0) is 38.1 Å². The Morgan fingerprint density at radius 2 is 1.86 bits per heavy atom. The molecule has 3 heterocycles. The summed E-state index contributed by atoms with van der Waals surface area (Å²) < 4.78 is 0. The second-order valence-corrected chi connectivity index (χ2v) is 8.91. The molecule has 0 aliphatic carbocycles. The smallest absolute Gasteiger partial charge is 0.315 e. The van der Waals surface area contributed by atoms with E-state index in [1.165, 1.54) is 33.0 Å². The number of anilines is 2. The number of benzene rings is 1. The van der Waals surface area contributed by atoms with Crippen LogP contribution < -0.4 is 10.2 Å². The van der Waals surface area contributed by atoms with Crippen LogP contribution in [0.15, 0.2) is 18.2 Å². The van der Waals surface area contributed by atoms with E-state index in [9.17, 15) is 9.59 Å². The number of aromatic nitrogens is 1. The van der Waals surface area contributed by atoms with Gasteiger partial charge in [0.25, 0.3) is 0 Å². The highest BCUT2D eigenvalue weighted by molar-refractivity contribution is 7.16. The summed E-state index contributed by atoms with van der Waals surface area (Å²) in [5.74, 6) is -1.07. The first kappa shape index (κ1) is 19.8. The Labute approximate surface area is 175 Å². The van der Waals surface area contributed by atoms with Gasteiger partial charge < -0.3 is 14.7 Å². The van der Waals surface area contributed by atoms with E-state index >= 15 is 0 Å². The number of likely N-dealkylation sites (N-methyl/N-ethyl adjacent to an activating group) is 1. The Bertz CT molecular complexity index is 933. The lowest BCUT2D eigenvalue weighted by atomic mass is 10.1. The highest BCUT2D eigenvalue weighted by atomic mass is 32.1. The molecular formula is C21H27N5O2S. The van der Waals surface area contributed by atoms with Gasteiger partial charge in [-0.1, -0.05) is 12.1 Å². The molecule has 1 saturated heterocycles. The molecule has 0 spiro atoms. The van der Waals surface area contributed by atoms with Crippen molar-refractivity contribution in [2.75, 3.05) is 50.0 Å². The number of aryl methyl sites for hydroxylation is 1. The molecule has 2 amide bonds. The van der Waals surface area contributed by atoms with Crippen LogP contribution in [0.4, 0.5) is 10.8 Å². The highest BCUT2D eigenvalue weighted by Gasteiger charge is 2.28. The number of nitrogens with zero attached hydrogens (tertiary/aromatic N) is 4. The minimum absolute atomic E-state index is 0.476. The van der Waals surface area contributed by atoms with Crippen molar-refractivity contribution in [3.8, 4) is 0 Å². The van der Waals surface area contributed by atoms with Crippen molar-refractivity contribution >= 4 is 34.0 Å². The van der Waals surface area contributed by atoms with E-state index < -0.39 is 11.8 Å². The van der Waals surface area contributed by atoms with Crippen molar-refractivity contribution in [2.45, 2.75) is 26.8 Å². The molecular weight excluding hydrogens is 386 g/mol. The van der Waals surface area contributed by atoms with Gasteiger partial charge in [-0.15, -0.1) is 11.3 Å². The molecule has 154 valence electrons. The quantitative estimate of drug-likeness (QED) is 0.763. The number of carbonyl (C=O) groups is 2. The Morgan fingerprint density at radius 3 is 2.62 bits per heavy atom. The Kier molecular flexibility index (Phi) is 5.56. The molecule has 2 aliphatic heterocycles. The van der Waals surface area contributed by atoms with Crippen LogP contribution >= 0.6 is 11.3 Å². The maximum Gasteiger partial charge on any atom is 0.315 e. The van der Waals surface area contributed by atoms with Crippen molar-refractivity contribution in [2.24, 2.45) is 0 Å². The molecule has 1 N–H and O–H groups in total. The fraction of sp³-hybridized carbons (Fsp3) is 0.476. The number of fused-ring (bicyclic) bond motifs is 1. The predicted octanol–water partition coefficient (Wildman–Crippen LogP) is 2.04. The number of hydrogen-bond acceptors (Lipinski definition) is 6. The lowest BCUT2D eigenvalue weighted by Crippen LogP contribution is -2.51. The third kappa shape index (κ3) is 4.13. The Hall–Kier alpha value is -2.45. The molecule has 0 saturated carbocycles. The first-order chi connectivity index (χ1) is 13.9. The van der Waals surface area contributed by atoms with Crippen LogP contribution in [0.3, 0.4) is 0 Å². The third-order valence-corrected chi connectivity index (χ3v) is 6.82. The van der Waals surface area contributed by atoms with Crippen molar-refractivity contribution in [1.29, 1.82) is 0 Å². The van der Waals surface area contributed by atoms with Crippen LogP contribution in [-0.4, -0.2) is 66.4 Å². The van der Waals surface area contributed by atoms with Crippen molar-refractivity contribution in [3.63, 3.8) is 0 Å². The molecule has 4 rings (SSSR count). The number of piperazine rings is 1. The number of hydrogen-bond donors (Lipinski definition) is 1. The van der Waals surface area contributed by atoms with E-state index in [4.69, 9.17) is 0 Å². The van der Waals surface area contributed by atoms with Crippen molar-refractivity contribution < 1.29 is 9.59 Å². The minimum Gasteiger partial charge on any atom is -0.368 e. The normalized spacial score (nSPS) is 17.2. The van der Waals surface area contributed by atoms with Crippen LogP contribution in [0.2, 0.25) is 0 Å². The second kappa shape index (κ2) is 8.12. The second-order valence-electron chi connectivity index (χ2n) is 7.83. The Morgan fingerprint density at radius 1 is 1.10 bits per heavy atom. The summed E-state index contributed by atoms with van der Waals surface area (Å²) in [6.45, 7) is 8.57. The number of rotatable bonds is 2. The van der Waals surface area contributed by atoms with Gasteiger partial charge in [0.2, 0.25) is 0 Å². The maximum absolute atomic E-state index is 12.6. The SMILES string of the molecule is Cc1cccc(N2CCN(C(=O)C(=O)Nc3nc4c(s3)CN(C)CC4)CC2)c1C. The summed E-state index contributed by atoms with van der Waals surface area (Å²) in [4.78, 5) is 36.9. The third-order valence-electron chi connectivity index (χ3n) is 5.82. The van der Waals surface area contributed by atoms with Gasteiger partial charge in [0.15, 0.2) is 5.13 Å². The van der Waals surface area contributed by atoms with Gasteiger partial charge in [-0.3, -0.25) is 14.9 Å². The van der Waals surface area contributed by atoms with Gasteiger partial charge in [-0.2, -0.15) is 0 Å². The van der Waals surface area contributed by atoms with Gasteiger partial charge in [0.05, 0.1) is 5.69 Å². The lowest BCUT2D eigenvalue weighted by Gasteiger charge is -2.36. The van der Waals surface area contributed by atoms with E-state index in [0.29, 0.717) is 18.2 Å². The topological polar surface area (TPSA) is 68.8 Å². The molecule has 0 atom stereocenters. The van der Waals surface area contributed by atoms with Gasteiger partial charge >= 0.3 is 11.8 Å². The Balaban J connectivity index is 1.35. The number of amides is 2. The molecule has 2 aliphatic rings. The summed E-state index contributed by atoms with van der Waals surface area (Å²) in [5, 5.41) is 3.24. The summed E-state index contributed by atoms with van der Waals surface area (Å²) in [6, 6.07) is 6.29. The van der Waals surface area contributed by atoms with Crippen LogP contribution in [0.25, 0.3) is 0 Å². The number of carbonyl (C=O) groups excluding carboxylic acids is 2. The summed E-state index contributed by atoms with van der Waals surface area (Å²) in [7, 11) is 2.07. The zero-order valence-electron chi connectivity index (χ0n) is 17.2. The molecule has 1 fully saturated rings. The van der Waals surface area contributed by atoms with Crippen LogP contribution in [0, 0.1) is 13.8 Å². The van der Waals surface area contributed by atoms with Crippen molar-refractivity contribution in [3.05, 3.63) is 39.9 Å². The zero-order valence-corrected chi connectivity index (χ0v) is 18.0. The molecule has 1 aromatic carbocycles. The standard InChI is InChI=1S/C21H27N5O2S/c1-14-5-4-6-17(15(14)2)25-9-11-26(12-10-25)20(28)19(27)23-21-22-16-7-8-24(3)13-18(16)29-21/h4-6H,7-13H2,1-3H3,(H,22,23,27). The molecule has 8 heteroatoms. The van der Waals surface area contributed by atoms with E-state index in [-0.39, 0.29) is 0 Å². The summed E-state index contributed by atoms with van der Waals surface area (Å²) in [6.07, 6.45) is 0.881. The molecule has 1 aromatic heterocycles. The molecule has 0 radical (unpaired) electrons. The largest absolute Gasteiger partial charge is 0.368 e. The van der Waals surface area contributed by atoms with E-state index in [0.717, 1.165) is 38.3 Å². The summed E-state index contributed by atoms with van der Waals surface area (Å²) >= 11 is 1.47. The fourth-order valence-corrected chi connectivity index (χ4v) is 4.98. The monoisotopic (exact) mass is 413 g/mol. The molecule has 7 nitrogen and oxygen atoms in total. The number of thiazole rings is 1. The fourth-order valence-electron chi connectivity index (χ4n) is 3.90. The highest BCUT2D eigenvalue weighted by Crippen LogP contribution is 2.28. The molecule has 29 heavy (non-hydrogen) atoms. The number of nitrogens with one attached hydrogen (secondary N) is 1.